The Morgan fingerprint density at radius 1 is 1.39 bits per heavy atom. The van der Waals surface area contributed by atoms with Crippen LogP contribution in [0.15, 0.2) is 29.8 Å². The summed E-state index contributed by atoms with van der Waals surface area (Å²) in [5.41, 5.74) is 1.00. The Hall–Kier alpha value is -2.30. The molecule has 1 heterocycles. The Labute approximate surface area is 104 Å². The Morgan fingerprint density at radius 3 is 2.72 bits per heavy atom. The molecule has 0 saturated carbocycles. The largest absolute Gasteiger partial charge is 0.507 e. The number of hydrogen-bond donors (Lipinski definition) is 1. The molecular weight excluding hydrogens is 234 g/mol. The molecule has 1 aromatic carbocycles. The topological polar surface area (TPSA) is 66.8 Å². The summed E-state index contributed by atoms with van der Waals surface area (Å²) >= 11 is 0. The molecule has 0 spiro atoms. The van der Waals surface area contributed by atoms with Gasteiger partial charge in [0.05, 0.1) is 24.8 Å². The van der Waals surface area contributed by atoms with Crippen LogP contribution >= 0.6 is 0 Å². The number of amides is 1. The molecule has 0 unspecified atom stereocenters. The number of anilines is 1. The van der Waals surface area contributed by atoms with Crippen LogP contribution in [0.1, 0.15) is 12.0 Å². The highest BCUT2D eigenvalue weighted by Crippen LogP contribution is 2.32. The van der Waals surface area contributed by atoms with Gasteiger partial charge in [-0.1, -0.05) is 12.1 Å². The van der Waals surface area contributed by atoms with Crippen molar-refractivity contribution >= 4 is 23.3 Å². The summed E-state index contributed by atoms with van der Waals surface area (Å²) in [4.78, 5) is 24.9. The molecule has 0 saturated heterocycles. The van der Waals surface area contributed by atoms with Crippen LogP contribution in [0.3, 0.4) is 0 Å². The number of rotatable bonds is 1. The van der Waals surface area contributed by atoms with E-state index >= 15 is 0 Å². The molecule has 5 heteroatoms. The van der Waals surface area contributed by atoms with Gasteiger partial charge in [-0.3, -0.25) is 4.79 Å². The lowest BCUT2D eigenvalue weighted by Crippen LogP contribution is -2.26. The molecule has 2 rings (SSSR count). The van der Waals surface area contributed by atoms with E-state index in [0.29, 0.717) is 11.3 Å². The van der Waals surface area contributed by atoms with E-state index in [1.807, 2.05) is 0 Å². The second-order valence-corrected chi connectivity index (χ2v) is 3.97. The minimum absolute atomic E-state index is 0.0145. The fourth-order valence-corrected chi connectivity index (χ4v) is 1.91. The van der Waals surface area contributed by atoms with Crippen LogP contribution in [0.4, 0.5) is 5.69 Å². The van der Waals surface area contributed by atoms with Gasteiger partial charge < -0.3 is 14.7 Å². The lowest BCUT2D eigenvalue weighted by Gasteiger charge is -2.17. The lowest BCUT2D eigenvalue weighted by atomic mass is 10.1. The van der Waals surface area contributed by atoms with Crippen LogP contribution in [0.2, 0.25) is 0 Å². The molecular formula is C13H13NO4. The van der Waals surface area contributed by atoms with Crippen LogP contribution in [0.25, 0.3) is 5.76 Å². The number of carbonyl (C=O) groups excluding carboxylic acids is 2. The summed E-state index contributed by atoms with van der Waals surface area (Å²) in [7, 11) is 2.82. The van der Waals surface area contributed by atoms with Gasteiger partial charge in [-0.05, 0) is 12.1 Å². The summed E-state index contributed by atoms with van der Waals surface area (Å²) in [6.45, 7) is 0. The fourth-order valence-electron chi connectivity index (χ4n) is 1.91. The Morgan fingerprint density at radius 2 is 2.06 bits per heavy atom. The van der Waals surface area contributed by atoms with E-state index in [1.165, 1.54) is 12.0 Å². The molecule has 1 aromatic rings. The number of aliphatic hydroxyl groups excluding tert-OH is 1. The minimum atomic E-state index is -0.689. The molecule has 5 nitrogen and oxygen atoms in total. The van der Waals surface area contributed by atoms with Gasteiger partial charge in [0.1, 0.15) is 5.76 Å². The molecule has 1 N–H and O–H groups in total. The maximum atomic E-state index is 11.9. The number of para-hydroxylation sites is 1. The third-order valence-corrected chi connectivity index (χ3v) is 2.94. The number of carbonyl (C=O) groups is 2. The van der Waals surface area contributed by atoms with Crippen molar-refractivity contribution in [1.29, 1.82) is 0 Å². The number of benzene rings is 1. The van der Waals surface area contributed by atoms with Crippen molar-refractivity contribution in [3.8, 4) is 0 Å². The van der Waals surface area contributed by atoms with Crippen molar-refractivity contribution in [1.82, 2.24) is 0 Å². The number of hydrogen-bond acceptors (Lipinski definition) is 4. The van der Waals surface area contributed by atoms with Crippen LogP contribution in [0, 0.1) is 0 Å². The number of methoxy groups -OCH3 is 1. The molecule has 1 aliphatic heterocycles. The number of fused-ring (bicyclic) bond motifs is 1. The Bertz CT molecular complexity index is 548. The molecule has 0 aliphatic carbocycles. The average molecular weight is 247 g/mol. The van der Waals surface area contributed by atoms with Crippen molar-refractivity contribution in [3.63, 3.8) is 0 Å². The third kappa shape index (κ3) is 1.84. The van der Waals surface area contributed by atoms with Crippen molar-refractivity contribution in [3.05, 3.63) is 35.4 Å². The summed E-state index contributed by atoms with van der Waals surface area (Å²) in [5.74, 6) is -1.16. The monoisotopic (exact) mass is 247 g/mol. The van der Waals surface area contributed by atoms with Gasteiger partial charge in [0.25, 0.3) is 0 Å². The average Bonchev–Trinajstić information content (AvgIpc) is 2.49. The van der Waals surface area contributed by atoms with Crippen molar-refractivity contribution in [2.24, 2.45) is 0 Å². The Kier molecular flexibility index (Phi) is 3.06. The molecule has 1 amide bonds. The summed E-state index contributed by atoms with van der Waals surface area (Å²) < 4.78 is 4.59. The lowest BCUT2D eigenvalue weighted by molar-refractivity contribution is -0.137. The zero-order valence-electron chi connectivity index (χ0n) is 10.1. The van der Waals surface area contributed by atoms with Crippen LogP contribution in [0.5, 0.6) is 0 Å². The smallest absolute Gasteiger partial charge is 0.338 e. The normalized spacial score (nSPS) is 15.2. The highest BCUT2D eigenvalue weighted by molar-refractivity contribution is 6.08. The van der Waals surface area contributed by atoms with Crippen LogP contribution < -0.4 is 4.90 Å². The molecule has 18 heavy (non-hydrogen) atoms. The molecule has 0 fully saturated rings. The minimum Gasteiger partial charge on any atom is -0.507 e. The number of nitrogens with zero attached hydrogens (tertiary/aromatic N) is 1. The molecule has 94 valence electrons. The van der Waals surface area contributed by atoms with Crippen molar-refractivity contribution < 1.29 is 19.4 Å². The fraction of sp³-hybridized carbons (Fsp3) is 0.231. The first-order chi connectivity index (χ1) is 8.56. The summed E-state index contributed by atoms with van der Waals surface area (Å²) in [5, 5.41) is 10.1. The predicted molar refractivity (Wildman–Crippen MR) is 66.0 cm³/mol. The zero-order chi connectivity index (χ0) is 13.3. The zero-order valence-corrected chi connectivity index (χ0v) is 10.1. The standard InChI is InChI=1S/C13H13NO4/c1-14-10-6-4-3-5-8(10)12(16)9(7-11(14)15)13(17)18-2/h3-6,16H,7H2,1-2H3. The van der Waals surface area contributed by atoms with Crippen LogP contribution in [-0.2, 0) is 14.3 Å². The van der Waals surface area contributed by atoms with E-state index in [2.05, 4.69) is 4.74 Å². The van der Waals surface area contributed by atoms with Gasteiger partial charge in [0.15, 0.2) is 0 Å². The highest BCUT2D eigenvalue weighted by Gasteiger charge is 2.28. The highest BCUT2D eigenvalue weighted by atomic mass is 16.5. The van der Waals surface area contributed by atoms with E-state index in [1.54, 1.807) is 31.3 Å². The maximum absolute atomic E-state index is 11.9. The van der Waals surface area contributed by atoms with E-state index in [4.69, 9.17) is 0 Å². The first-order valence-electron chi connectivity index (χ1n) is 5.42. The maximum Gasteiger partial charge on any atom is 0.338 e. The van der Waals surface area contributed by atoms with E-state index < -0.39 is 5.97 Å². The van der Waals surface area contributed by atoms with Gasteiger partial charge >= 0.3 is 5.97 Å². The van der Waals surface area contributed by atoms with E-state index in [9.17, 15) is 14.7 Å². The second kappa shape index (κ2) is 4.52. The van der Waals surface area contributed by atoms with Crippen LogP contribution in [-0.4, -0.2) is 31.1 Å². The number of aliphatic hydroxyl groups is 1. The van der Waals surface area contributed by atoms with Gasteiger partial charge in [-0.15, -0.1) is 0 Å². The van der Waals surface area contributed by atoms with E-state index in [0.717, 1.165) is 0 Å². The molecule has 1 aliphatic rings. The molecule has 0 radical (unpaired) electrons. The predicted octanol–water partition coefficient (Wildman–Crippen LogP) is 1.50. The first kappa shape index (κ1) is 12.2. The quantitative estimate of drug-likeness (QED) is 0.763. The SMILES string of the molecule is COC(=O)C1=C(O)c2ccccc2N(C)C(=O)C1. The first-order valence-corrected chi connectivity index (χ1v) is 5.42. The second-order valence-electron chi connectivity index (χ2n) is 3.97. The van der Waals surface area contributed by atoms with Gasteiger partial charge in [-0.2, -0.15) is 0 Å². The number of esters is 1. The summed E-state index contributed by atoms with van der Waals surface area (Å²) in [6.07, 6.45) is -0.177. The molecule has 0 atom stereocenters. The van der Waals surface area contributed by atoms with Gasteiger partial charge in [0.2, 0.25) is 5.91 Å². The van der Waals surface area contributed by atoms with Crippen molar-refractivity contribution in [2.75, 3.05) is 19.1 Å². The van der Waals surface area contributed by atoms with Gasteiger partial charge in [0, 0.05) is 12.6 Å². The van der Waals surface area contributed by atoms with Crippen molar-refractivity contribution in [2.45, 2.75) is 6.42 Å². The number of ether oxygens (including phenoxy) is 1. The third-order valence-electron chi connectivity index (χ3n) is 2.94. The molecule has 0 aromatic heterocycles. The summed E-state index contributed by atoms with van der Waals surface area (Å²) in [6, 6.07) is 6.86. The molecule has 0 bridgehead atoms. The van der Waals surface area contributed by atoms with E-state index in [-0.39, 0.29) is 23.7 Å². The van der Waals surface area contributed by atoms with Gasteiger partial charge in [-0.25, -0.2) is 4.79 Å². The Balaban J connectivity index is 2.65.